The Labute approximate surface area is 205 Å². The number of likely N-dealkylation sites (tertiary alicyclic amines) is 1. The summed E-state index contributed by atoms with van der Waals surface area (Å²) in [5.41, 5.74) is 2.84. The van der Waals surface area contributed by atoms with Gasteiger partial charge in [-0.25, -0.2) is 9.59 Å². The van der Waals surface area contributed by atoms with Gasteiger partial charge in [0.05, 0.1) is 24.9 Å². The Morgan fingerprint density at radius 3 is 2.35 bits per heavy atom. The number of aryl methyl sites for hydroxylation is 1. The summed E-state index contributed by atoms with van der Waals surface area (Å²) in [6, 6.07) is 11.6. The number of piperidine rings is 1. The average Bonchev–Trinajstić information content (AvgIpc) is 3.20. The molecule has 182 valence electrons. The molecule has 8 nitrogen and oxygen atoms in total. The minimum atomic E-state index is -0.216. The van der Waals surface area contributed by atoms with Crippen molar-refractivity contribution in [2.24, 2.45) is 0 Å². The van der Waals surface area contributed by atoms with Gasteiger partial charge in [0.1, 0.15) is 11.5 Å². The molecule has 0 aliphatic carbocycles. The lowest BCUT2D eigenvalue weighted by Gasteiger charge is -2.36. The van der Waals surface area contributed by atoms with Crippen LogP contribution in [0.5, 0.6) is 11.5 Å². The third-order valence-electron chi connectivity index (χ3n) is 6.53. The number of rotatable bonds is 6. The number of hydrogen-bond donors (Lipinski definition) is 1. The quantitative estimate of drug-likeness (QED) is 0.647. The highest BCUT2D eigenvalue weighted by atomic mass is 35.5. The molecule has 2 saturated heterocycles. The van der Waals surface area contributed by atoms with Gasteiger partial charge >= 0.3 is 12.1 Å². The molecule has 9 heteroatoms. The predicted octanol–water partition coefficient (Wildman–Crippen LogP) is 4.60. The van der Waals surface area contributed by atoms with Crippen molar-refractivity contribution in [2.75, 3.05) is 45.7 Å². The highest BCUT2D eigenvalue weighted by molar-refractivity contribution is 6.32. The van der Waals surface area contributed by atoms with Gasteiger partial charge in [-0.15, -0.1) is 0 Å². The molecule has 0 saturated carbocycles. The van der Waals surface area contributed by atoms with E-state index in [0.717, 1.165) is 31.5 Å². The van der Waals surface area contributed by atoms with Gasteiger partial charge in [-0.1, -0.05) is 41.4 Å². The van der Waals surface area contributed by atoms with Crippen molar-refractivity contribution in [1.29, 1.82) is 0 Å². The molecular formula is C25H31ClN4O4. The first kappa shape index (κ1) is 24.0. The molecule has 2 aliphatic heterocycles. The summed E-state index contributed by atoms with van der Waals surface area (Å²) in [7, 11) is 3.05. The number of nitrogens with one attached hydrogen (secondary N) is 1. The molecule has 2 fully saturated rings. The molecule has 0 radical (unpaired) electrons. The van der Waals surface area contributed by atoms with Crippen LogP contribution in [-0.4, -0.2) is 73.2 Å². The number of amides is 4. The zero-order valence-corrected chi connectivity index (χ0v) is 20.6. The highest BCUT2D eigenvalue weighted by Gasteiger charge is 2.36. The second-order valence-corrected chi connectivity index (χ2v) is 9.13. The second-order valence-electron chi connectivity index (χ2n) is 8.72. The monoisotopic (exact) mass is 486 g/mol. The molecule has 2 aromatic carbocycles. The summed E-state index contributed by atoms with van der Waals surface area (Å²) in [5.74, 6) is 0.949. The van der Waals surface area contributed by atoms with E-state index in [0.29, 0.717) is 41.8 Å². The minimum Gasteiger partial charge on any atom is -0.495 e. The number of ether oxygens (including phenoxy) is 2. The van der Waals surface area contributed by atoms with Crippen LogP contribution in [-0.2, 0) is 6.54 Å². The highest BCUT2D eigenvalue weighted by Crippen LogP contribution is 2.36. The van der Waals surface area contributed by atoms with Crippen LogP contribution in [0.3, 0.4) is 0 Å². The van der Waals surface area contributed by atoms with E-state index < -0.39 is 0 Å². The van der Waals surface area contributed by atoms with E-state index in [1.165, 1.54) is 19.8 Å². The van der Waals surface area contributed by atoms with Crippen molar-refractivity contribution in [3.05, 3.63) is 52.5 Å². The fourth-order valence-corrected chi connectivity index (χ4v) is 4.77. The van der Waals surface area contributed by atoms with E-state index in [-0.39, 0.29) is 18.1 Å². The number of carbonyl (C=O) groups excluding carboxylic acids is 2. The number of halogens is 1. The lowest BCUT2D eigenvalue weighted by Crippen LogP contribution is -2.49. The molecule has 2 aromatic rings. The fraction of sp³-hybridized carbons (Fsp3) is 0.440. The molecule has 34 heavy (non-hydrogen) atoms. The maximum Gasteiger partial charge on any atom is 0.321 e. The van der Waals surface area contributed by atoms with Crippen LogP contribution in [0.15, 0.2) is 36.4 Å². The van der Waals surface area contributed by atoms with Crippen molar-refractivity contribution < 1.29 is 19.1 Å². The van der Waals surface area contributed by atoms with Crippen molar-refractivity contribution in [1.82, 2.24) is 14.7 Å². The minimum absolute atomic E-state index is 0.0843. The Morgan fingerprint density at radius 2 is 1.71 bits per heavy atom. The van der Waals surface area contributed by atoms with Crippen LogP contribution in [0.4, 0.5) is 15.3 Å². The van der Waals surface area contributed by atoms with Gasteiger partial charge in [0.25, 0.3) is 0 Å². The van der Waals surface area contributed by atoms with Gasteiger partial charge in [-0.3, -0.25) is 0 Å². The Balaban J connectivity index is 1.31. The topological polar surface area (TPSA) is 74.4 Å². The van der Waals surface area contributed by atoms with Gasteiger partial charge in [-0.05, 0) is 31.4 Å². The Bertz CT molecular complexity index is 1040. The number of nitrogens with zero attached hydrogens (tertiary/aromatic N) is 3. The van der Waals surface area contributed by atoms with Gasteiger partial charge in [-0.2, -0.15) is 0 Å². The SMILES string of the molecule is COc1cc(OC)c(NC(=O)N2CCC(N3CCN(Cc4ccc(C)cc4)C3=O)CC2)cc1Cl. The summed E-state index contributed by atoms with van der Waals surface area (Å²) in [6.45, 7) is 5.29. The molecule has 1 N–H and O–H groups in total. The summed E-state index contributed by atoms with van der Waals surface area (Å²) in [6.07, 6.45) is 1.50. The third kappa shape index (κ3) is 5.17. The van der Waals surface area contributed by atoms with Crippen LogP contribution in [0.2, 0.25) is 5.02 Å². The molecule has 0 bridgehead atoms. The molecule has 0 unspecified atom stereocenters. The first-order valence-electron chi connectivity index (χ1n) is 11.5. The van der Waals surface area contributed by atoms with Crippen molar-refractivity contribution in [3.8, 4) is 11.5 Å². The summed E-state index contributed by atoms with van der Waals surface area (Å²) in [5, 5.41) is 3.28. The molecule has 2 heterocycles. The van der Waals surface area contributed by atoms with E-state index >= 15 is 0 Å². The third-order valence-corrected chi connectivity index (χ3v) is 6.82. The largest absolute Gasteiger partial charge is 0.495 e. The average molecular weight is 487 g/mol. The molecule has 4 rings (SSSR count). The van der Waals surface area contributed by atoms with Crippen molar-refractivity contribution in [2.45, 2.75) is 32.4 Å². The Kier molecular flexibility index (Phi) is 7.36. The summed E-state index contributed by atoms with van der Waals surface area (Å²) < 4.78 is 10.6. The number of hydrogen-bond acceptors (Lipinski definition) is 4. The standard InChI is InChI=1S/C25H31ClN4O4/c1-17-4-6-18(7-5-17)16-29-12-13-30(25(29)32)19-8-10-28(11-9-19)24(31)27-21-14-20(26)22(33-2)15-23(21)34-3/h4-7,14-15,19H,8-13,16H2,1-3H3,(H,27,31). The summed E-state index contributed by atoms with van der Waals surface area (Å²) >= 11 is 6.22. The van der Waals surface area contributed by atoms with Gasteiger partial charge in [0.15, 0.2) is 0 Å². The summed E-state index contributed by atoms with van der Waals surface area (Å²) in [4.78, 5) is 31.5. The zero-order valence-electron chi connectivity index (χ0n) is 19.8. The number of carbonyl (C=O) groups is 2. The fourth-order valence-electron chi connectivity index (χ4n) is 4.53. The lowest BCUT2D eigenvalue weighted by atomic mass is 10.0. The van der Waals surface area contributed by atoms with Crippen LogP contribution >= 0.6 is 11.6 Å². The predicted molar refractivity (Wildman–Crippen MR) is 132 cm³/mol. The number of anilines is 1. The van der Waals surface area contributed by atoms with E-state index in [9.17, 15) is 9.59 Å². The molecule has 4 amide bonds. The molecule has 2 aliphatic rings. The van der Waals surface area contributed by atoms with E-state index in [1.54, 1.807) is 17.0 Å². The van der Waals surface area contributed by atoms with Gasteiger partial charge < -0.3 is 29.5 Å². The van der Waals surface area contributed by atoms with Crippen molar-refractivity contribution in [3.63, 3.8) is 0 Å². The molecule has 0 spiro atoms. The van der Waals surface area contributed by atoms with Crippen LogP contribution in [0.25, 0.3) is 0 Å². The Hall–Kier alpha value is -3.13. The Morgan fingerprint density at radius 1 is 1.03 bits per heavy atom. The molecule has 0 atom stereocenters. The van der Waals surface area contributed by atoms with E-state index in [1.807, 2.05) is 9.80 Å². The number of methoxy groups -OCH3 is 2. The van der Waals surface area contributed by atoms with E-state index in [4.69, 9.17) is 21.1 Å². The van der Waals surface area contributed by atoms with Gasteiger partial charge in [0.2, 0.25) is 0 Å². The second kappa shape index (κ2) is 10.4. The lowest BCUT2D eigenvalue weighted by molar-refractivity contribution is 0.139. The van der Waals surface area contributed by atoms with Crippen LogP contribution < -0.4 is 14.8 Å². The number of urea groups is 2. The maximum absolute atomic E-state index is 13.0. The normalized spacial score (nSPS) is 16.7. The first-order chi connectivity index (χ1) is 16.4. The van der Waals surface area contributed by atoms with Crippen molar-refractivity contribution >= 4 is 29.4 Å². The number of benzene rings is 2. The van der Waals surface area contributed by atoms with E-state index in [2.05, 4.69) is 36.5 Å². The smallest absolute Gasteiger partial charge is 0.321 e. The van der Waals surface area contributed by atoms with Crippen LogP contribution in [0.1, 0.15) is 24.0 Å². The first-order valence-corrected chi connectivity index (χ1v) is 11.9. The zero-order chi connectivity index (χ0) is 24.2. The maximum atomic E-state index is 13.0. The van der Waals surface area contributed by atoms with Crippen LogP contribution in [0, 0.1) is 6.92 Å². The molecular weight excluding hydrogens is 456 g/mol. The molecule has 0 aromatic heterocycles. The van der Waals surface area contributed by atoms with Gasteiger partial charge in [0, 0.05) is 44.8 Å².